The van der Waals surface area contributed by atoms with Crippen LogP contribution in [0.3, 0.4) is 0 Å². The Balaban J connectivity index is 0.00000225. The van der Waals surface area contributed by atoms with E-state index in [9.17, 15) is 8.42 Å². The first-order chi connectivity index (χ1) is 11.3. The van der Waals surface area contributed by atoms with Gasteiger partial charge in [-0.15, -0.1) is 12.4 Å². The largest absolute Gasteiger partial charge is 0.316 e. The predicted octanol–water partition coefficient (Wildman–Crippen LogP) is 2.72. The van der Waals surface area contributed by atoms with Gasteiger partial charge in [0.1, 0.15) is 4.90 Å². The van der Waals surface area contributed by atoms with E-state index in [1.165, 1.54) is 16.8 Å². The molecule has 142 valence electrons. The van der Waals surface area contributed by atoms with Crippen molar-refractivity contribution in [2.45, 2.75) is 18.2 Å². The first kappa shape index (κ1) is 21.2. The Kier molecular flexibility index (Phi) is 7.04. The number of nitrogens with zero attached hydrogens (tertiary/aromatic N) is 2. The van der Waals surface area contributed by atoms with Crippen LogP contribution >= 0.6 is 35.6 Å². The van der Waals surface area contributed by atoms with Crippen molar-refractivity contribution in [2.75, 3.05) is 45.8 Å². The van der Waals surface area contributed by atoms with E-state index in [4.69, 9.17) is 23.2 Å². The Morgan fingerprint density at radius 1 is 1.20 bits per heavy atom. The molecule has 0 amide bonds. The molecule has 0 saturated carbocycles. The first-order valence-corrected chi connectivity index (χ1v) is 10.4. The lowest BCUT2D eigenvalue weighted by Crippen LogP contribution is -2.51. The minimum absolute atomic E-state index is 0. The zero-order valence-electron chi connectivity index (χ0n) is 14.2. The van der Waals surface area contributed by atoms with E-state index in [1.54, 1.807) is 12.1 Å². The van der Waals surface area contributed by atoms with E-state index >= 15 is 0 Å². The number of piperazine rings is 1. The van der Waals surface area contributed by atoms with Crippen LogP contribution in [0.25, 0.3) is 0 Å². The second kappa shape index (κ2) is 8.30. The lowest BCUT2D eigenvalue weighted by atomic mass is 9.89. The van der Waals surface area contributed by atoms with Crippen LogP contribution in [0.15, 0.2) is 23.1 Å². The number of hydrogen-bond donors (Lipinski definition) is 1. The van der Waals surface area contributed by atoms with Gasteiger partial charge in [0.05, 0.1) is 10.0 Å². The fraction of sp³-hybridized carbons (Fsp3) is 0.625. The van der Waals surface area contributed by atoms with Crippen LogP contribution in [0.5, 0.6) is 0 Å². The number of sulfonamides is 1. The van der Waals surface area contributed by atoms with E-state index in [1.807, 2.05) is 0 Å². The average Bonchev–Trinajstić information content (AvgIpc) is 2.96. The molecule has 1 atom stereocenters. The molecule has 25 heavy (non-hydrogen) atoms. The van der Waals surface area contributed by atoms with Crippen molar-refractivity contribution >= 4 is 45.6 Å². The van der Waals surface area contributed by atoms with E-state index in [0.717, 1.165) is 32.7 Å². The molecule has 0 radical (unpaired) electrons. The van der Waals surface area contributed by atoms with Gasteiger partial charge in [0, 0.05) is 39.3 Å². The maximum Gasteiger partial charge on any atom is 0.244 e. The van der Waals surface area contributed by atoms with Crippen molar-refractivity contribution < 1.29 is 8.42 Å². The molecule has 5 nitrogen and oxygen atoms in total. The third-order valence-electron chi connectivity index (χ3n) is 4.93. The van der Waals surface area contributed by atoms with Crippen molar-refractivity contribution in [1.29, 1.82) is 0 Å². The van der Waals surface area contributed by atoms with Crippen molar-refractivity contribution in [3.8, 4) is 0 Å². The number of hydrogen-bond acceptors (Lipinski definition) is 4. The normalized spacial score (nSPS) is 25.7. The third-order valence-corrected chi connectivity index (χ3v) is 7.80. The standard InChI is InChI=1S/C16H23Cl2N3O2S.ClH/c1-16(5-6-19-11-16)12-20-7-9-21(10-8-20)24(22,23)14-4-2-3-13(17)15(14)18;/h2-4,19H,5-12H2,1H3;1H. The number of nitrogens with one attached hydrogen (secondary N) is 1. The highest BCUT2D eigenvalue weighted by Gasteiger charge is 2.34. The van der Waals surface area contributed by atoms with Crippen molar-refractivity contribution in [3.05, 3.63) is 28.2 Å². The molecule has 2 fully saturated rings. The van der Waals surface area contributed by atoms with E-state index in [-0.39, 0.29) is 32.8 Å². The fourth-order valence-electron chi connectivity index (χ4n) is 3.49. The van der Waals surface area contributed by atoms with Crippen LogP contribution in [-0.4, -0.2) is 63.4 Å². The molecule has 1 unspecified atom stereocenters. The quantitative estimate of drug-likeness (QED) is 0.801. The van der Waals surface area contributed by atoms with E-state index in [0.29, 0.717) is 13.1 Å². The summed E-state index contributed by atoms with van der Waals surface area (Å²) in [4.78, 5) is 2.45. The van der Waals surface area contributed by atoms with E-state index < -0.39 is 10.0 Å². The Hall–Kier alpha value is -0.0800. The van der Waals surface area contributed by atoms with Gasteiger partial charge in [0.15, 0.2) is 0 Å². The molecule has 1 aromatic rings. The zero-order chi connectivity index (χ0) is 17.4. The summed E-state index contributed by atoms with van der Waals surface area (Å²) in [6, 6.07) is 4.73. The molecule has 2 aliphatic heterocycles. The SMILES string of the molecule is CC1(CN2CCN(S(=O)(=O)c3cccc(Cl)c3Cl)CC2)CCNC1.Cl. The second-order valence-electron chi connectivity index (χ2n) is 6.97. The van der Waals surface area contributed by atoms with Gasteiger partial charge in [0.2, 0.25) is 10.0 Å². The topological polar surface area (TPSA) is 52.7 Å². The predicted molar refractivity (Wildman–Crippen MR) is 105 cm³/mol. The second-order valence-corrected chi connectivity index (χ2v) is 9.66. The maximum atomic E-state index is 12.8. The molecule has 2 heterocycles. The highest BCUT2D eigenvalue weighted by Crippen LogP contribution is 2.32. The molecule has 2 aliphatic rings. The molecule has 0 bridgehead atoms. The van der Waals surface area contributed by atoms with E-state index in [2.05, 4.69) is 17.1 Å². The summed E-state index contributed by atoms with van der Waals surface area (Å²) in [5.41, 5.74) is 0.289. The lowest BCUT2D eigenvalue weighted by Gasteiger charge is -2.38. The molecule has 1 N–H and O–H groups in total. The summed E-state index contributed by atoms with van der Waals surface area (Å²) >= 11 is 12.1. The lowest BCUT2D eigenvalue weighted by molar-refractivity contribution is 0.132. The molecule has 0 aliphatic carbocycles. The summed E-state index contributed by atoms with van der Waals surface area (Å²) in [6.07, 6.45) is 1.17. The molecule has 0 aromatic heterocycles. The Bertz CT molecular complexity index is 701. The van der Waals surface area contributed by atoms with Gasteiger partial charge in [-0.2, -0.15) is 4.31 Å². The minimum atomic E-state index is -3.60. The van der Waals surface area contributed by atoms with Gasteiger partial charge in [-0.1, -0.05) is 36.2 Å². The summed E-state index contributed by atoms with van der Waals surface area (Å²) in [5, 5.41) is 3.77. The summed E-state index contributed by atoms with van der Waals surface area (Å²) in [5.74, 6) is 0. The third kappa shape index (κ3) is 4.61. The first-order valence-electron chi connectivity index (χ1n) is 8.19. The average molecular weight is 429 g/mol. The highest BCUT2D eigenvalue weighted by molar-refractivity contribution is 7.89. The summed E-state index contributed by atoms with van der Waals surface area (Å²) in [7, 11) is -3.60. The van der Waals surface area contributed by atoms with Crippen molar-refractivity contribution in [3.63, 3.8) is 0 Å². The maximum absolute atomic E-state index is 12.8. The number of benzene rings is 1. The minimum Gasteiger partial charge on any atom is -0.316 e. The molecule has 1 aromatic carbocycles. The van der Waals surface area contributed by atoms with Crippen LogP contribution < -0.4 is 5.32 Å². The molecule has 2 saturated heterocycles. The Labute approximate surface area is 166 Å². The zero-order valence-corrected chi connectivity index (χ0v) is 17.3. The monoisotopic (exact) mass is 427 g/mol. The molecular formula is C16H24Cl3N3O2S. The summed E-state index contributed by atoms with van der Waals surface area (Å²) < 4.78 is 27.2. The molecule has 3 rings (SSSR count). The molecular weight excluding hydrogens is 405 g/mol. The van der Waals surface area contributed by atoms with Gasteiger partial charge < -0.3 is 10.2 Å². The van der Waals surface area contributed by atoms with Gasteiger partial charge in [-0.05, 0) is 30.5 Å². The smallest absolute Gasteiger partial charge is 0.244 e. The van der Waals surface area contributed by atoms with Crippen LogP contribution in [0, 0.1) is 5.41 Å². The van der Waals surface area contributed by atoms with Gasteiger partial charge >= 0.3 is 0 Å². The van der Waals surface area contributed by atoms with Crippen molar-refractivity contribution in [2.24, 2.45) is 5.41 Å². The molecule has 9 heteroatoms. The Morgan fingerprint density at radius 3 is 2.48 bits per heavy atom. The van der Waals surface area contributed by atoms with Crippen LogP contribution in [0.4, 0.5) is 0 Å². The van der Waals surface area contributed by atoms with Crippen LogP contribution in [0.1, 0.15) is 13.3 Å². The summed E-state index contributed by atoms with van der Waals surface area (Å²) in [6.45, 7) is 7.85. The van der Waals surface area contributed by atoms with Gasteiger partial charge in [-0.25, -0.2) is 8.42 Å². The fourth-order valence-corrected chi connectivity index (χ4v) is 5.65. The number of rotatable bonds is 4. The van der Waals surface area contributed by atoms with Crippen LogP contribution in [-0.2, 0) is 10.0 Å². The Morgan fingerprint density at radius 2 is 1.88 bits per heavy atom. The van der Waals surface area contributed by atoms with Crippen molar-refractivity contribution in [1.82, 2.24) is 14.5 Å². The molecule has 0 spiro atoms. The van der Waals surface area contributed by atoms with Gasteiger partial charge in [0.25, 0.3) is 0 Å². The number of halogens is 3. The van der Waals surface area contributed by atoms with Gasteiger partial charge in [-0.3, -0.25) is 0 Å². The highest BCUT2D eigenvalue weighted by atomic mass is 35.5. The van der Waals surface area contributed by atoms with Crippen LogP contribution in [0.2, 0.25) is 10.0 Å².